The van der Waals surface area contributed by atoms with Crippen molar-refractivity contribution in [2.45, 2.75) is 26.8 Å². The maximum Gasteiger partial charge on any atom is 0.183 e. The lowest BCUT2D eigenvalue weighted by atomic mass is 10.0. The van der Waals surface area contributed by atoms with Crippen molar-refractivity contribution < 1.29 is 14.3 Å². The lowest BCUT2D eigenvalue weighted by Crippen LogP contribution is -2.50. The molecule has 0 bridgehead atoms. The van der Waals surface area contributed by atoms with E-state index in [4.69, 9.17) is 9.47 Å². The molecule has 1 saturated heterocycles. The number of nitrogens with zero attached hydrogens (tertiary/aromatic N) is 1. The molecule has 1 fully saturated rings. The summed E-state index contributed by atoms with van der Waals surface area (Å²) in [7, 11) is 0. The van der Waals surface area contributed by atoms with Gasteiger partial charge in [0.25, 0.3) is 0 Å². The Hall–Kier alpha value is -1.59. The van der Waals surface area contributed by atoms with Gasteiger partial charge in [-0.05, 0) is 39.0 Å². The van der Waals surface area contributed by atoms with Crippen LogP contribution in [-0.2, 0) is 0 Å². The largest absolute Gasteiger partial charge is 0.494 e. The molecule has 1 N–H and O–H groups in total. The van der Waals surface area contributed by atoms with Gasteiger partial charge in [-0.3, -0.25) is 9.69 Å². The molecule has 122 valence electrons. The summed E-state index contributed by atoms with van der Waals surface area (Å²) in [4.78, 5) is 15.1. The van der Waals surface area contributed by atoms with E-state index in [1.54, 1.807) is 6.07 Å². The Labute approximate surface area is 132 Å². The fourth-order valence-corrected chi connectivity index (χ4v) is 2.70. The van der Waals surface area contributed by atoms with Crippen LogP contribution in [0.25, 0.3) is 0 Å². The maximum absolute atomic E-state index is 12.9. The monoisotopic (exact) mass is 306 g/mol. The molecule has 0 saturated carbocycles. The van der Waals surface area contributed by atoms with Crippen molar-refractivity contribution in [3.05, 3.63) is 23.8 Å². The van der Waals surface area contributed by atoms with Crippen LogP contribution in [0.2, 0.25) is 0 Å². The van der Waals surface area contributed by atoms with Crippen LogP contribution in [0.15, 0.2) is 18.2 Å². The number of benzene rings is 1. The molecule has 0 aliphatic carbocycles. The van der Waals surface area contributed by atoms with E-state index >= 15 is 0 Å². The summed E-state index contributed by atoms with van der Waals surface area (Å²) in [6, 6.07) is 5.32. The number of ether oxygens (including phenoxy) is 2. The summed E-state index contributed by atoms with van der Waals surface area (Å²) in [6.45, 7) is 10.6. The summed E-state index contributed by atoms with van der Waals surface area (Å²) < 4.78 is 11.1. The van der Waals surface area contributed by atoms with Gasteiger partial charge in [-0.25, -0.2) is 0 Å². The predicted molar refractivity (Wildman–Crippen MR) is 87.0 cm³/mol. The fourth-order valence-electron chi connectivity index (χ4n) is 2.70. The highest BCUT2D eigenvalue weighted by Gasteiger charge is 2.26. The third-order valence-corrected chi connectivity index (χ3v) is 3.91. The van der Waals surface area contributed by atoms with Crippen molar-refractivity contribution in [2.24, 2.45) is 0 Å². The van der Waals surface area contributed by atoms with E-state index in [0.717, 1.165) is 26.2 Å². The first-order valence-corrected chi connectivity index (χ1v) is 8.06. The molecule has 0 spiro atoms. The summed E-state index contributed by atoms with van der Waals surface area (Å²) in [6.07, 6.45) is 0. The van der Waals surface area contributed by atoms with Gasteiger partial charge >= 0.3 is 0 Å². The number of piperazine rings is 1. The van der Waals surface area contributed by atoms with Gasteiger partial charge in [-0.15, -0.1) is 0 Å². The van der Waals surface area contributed by atoms with Gasteiger partial charge in [0.2, 0.25) is 0 Å². The zero-order valence-electron chi connectivity index (χ0n) is 13.7. The minimum atomic E-state index is -0.154. The van der Waals surface area contributed by atoms with Crippen LogP contribution < -0.4 is 14.8 Å². The minimum absolute atomic E-state index is 0.0897. The zero-order chi connectivity index (χ0) is 15.9. The molecule has 1 heterocycles. The average Bonchev–Trinajstić information content (AvgIpc) is 2.56. The van der Waals surface area contributed by atoms with E-state index in [0.29, 0.717) is 30.3 Å². The van der Waals surface area contributed by atoms with Gasteiger partial charge in [0, 0.05) is 26.2 Å². The first-order valence-electron chi connectivity index (χ1n) is 8.06. The second-order valence-corrected chi connectivity index (χ2v) is 5.35. The molecule has 1 aromatic rings. The highest BCUT2D eigenvalue weighted by Crippen LogP contribution is 2.26. The summed E-state index contributed by atoms with van der Waals surface area (Å²) >= 11 is 0. The van der Waals surface area contributed by atoms with Crippen LogP contribution in [0.4, 0.5) is 0 Å². The third kappa shape index (κ3) is 3.99. The molecule has 0 radical (unpaired) electrons. The van der Waals surface area contributed by atoms with Crippen LogP contribution in [0.5, 0.6) is 11.5 Å². The number of ketones is 1. The molecule has 22 heavy (non-hydrogen) atoms. The van der Waals surface area contributed by atoms with Gasteiger partial charge < -0.3 is 14.8 Å². The number of Topliss-reactive ketones (excluding diaryl/α,β-unsaturated/α-hetero) is 1. The van der Waals surface area contributed by atoms with Crippen LogP contribution in [0, 0.1) is 0 Å². The Morgan fingerprint density at radius 3 is 2.55 bits per heavy atom. The number of hydrogen-bond donors (Lipinski definition) is 1. The number of carbonyl (C=O) groups is 1. The van der Waals surface area contributed by atoms with Crippen LogP contribution in [-0.4, -0.2) is 56.1 Å². The molecule has 5 nitrogen and oxygen atoms in total. The topological polar surface area (TPSA) is 50.8 Å². The lowest BCUT2D eigenvalue weighted by molar-refractivity contribution is 0.0816. The molecule has 1 aromatic carbocycles. The van der Waals surface area contributed by atoms with Crippen LogP contribution in [0.1, 0.15) is 31.1 Å². The SMILES string of the molecule is CCOc1ccc(OCC)c(C(=O)C(C)N2CCNCC2)c1. The Morgan fingerprint density at radius 2 is 1.91 bits per heavy atom. The van der Waals surface area contributed by atoms with E-state index in [1.807, 2.05) is 32.9 Å². The molecule has 1 aliphatic rings. The zero-order valence-corrected chi connectivity index (χ0v) is 13.7. The second-order valence-electron chi connectivity index (χ2n) is 5.35. The maximum atomic E-state index is 12.9. The molecule has 1 atom stereocenters. The summed E-state index contributed by atoms with van der Waals surface area (Å²) in [5.41, 5.74) is 0.610. The van der Waals surface area contributed by atoms with E-state index in [9.17, 15) is 4.79 Å². The Kier molecular flexibility index (Phi) is 6.21. The van der Waals surface area contributed by atoms with Gasteiger partial charge in [0.05, 0.1) is 24.8 Å². The molecule has 1 unspecified atom stereocenters. The van der Waals surface area contributed by atoms with E-state index < -0.39 is 0 Å². The van der Waals surface area contributed by atoms with Crippen molar-refractivity contribution in [2.75, 3.05) is 39.4 Å². The van der Waals surface area contributed by atoms with E-state index in [-0.39, 0.29) is 11.8 Å². The smallest absolute Gasteiger partial charge is 0.183 e. The Morgan fingerprint density at radius 1 is 1.23 bits per heavy atom. The number of hydrogen-bond acceptors (Lipinski definition) is 5. The van der Waals surface area contributed by atoms with Crippen LogP contribution in [0.3, 0.4) is 0 Å². The standard InChI is InChI=1S/C17H26N2O3/c1-4-21-14-6-7-16(22-5-2)15(12-14)17(20)13(3)19-10-8-18-9-11-19/h6-7,12-13,18H,4-5,8-11H2,1-3H3. The Balaban J connectivity index is 2.22. The quantitative estimate of drug-likeness (QED) is 0.781. The van der Waals surface area contributed by atoms with Gasteiger partial charge in [0.1, 0.15) is 11.5 Å². The molecule has 2 rings (SSSR count). The number of nitrogens with one attached hydrogen (secondary N) is 1. The van der Waals surface area contributed by atoms with Crippen molar-refractivity contribution >= 4 is 5.78 Å². The van der Waals surface area contributed by atoms with E-state index in [2.05, 4.69) is 10.2 Å². The number of carbonyl (C=O) groups excluding carboxylic acids is 1. The number of rotatable bonds is 7. The second kappa shape index (κ2) is 8.15. The molecular formula is C17H26N2O3. The lowest BCUT2D eigenvalue weighted by Gasteiger charge is -2.32. The summed E-state index contributed by atoms with van der Waals surface area (Å²) in [5, 5.41) is 3.31. The molecular weight excluding hydrogens is 280 g/mol. The van der Waals surface area contributed by atoms with Crippen molar-refractivity contribution in [3.63, 3.8) is 0 Å². The first kappa shape index (κ1) is 16.8. The molecule has 0 amide bonds. The van der Waals surface area contributed by atoms with Gasteiger partial charge in [-0.2, -0.15) is 0 Å². The third-order valence-electron chi connectivity index (χ3n) is 3.91. The first-order chi connectivity index (χ1) is 10.7. The van der Waals surface area contributed by atoms with Crippen molar-refractivity contribution in [3.8, 4) is 11.5 Å². The highest BCUT2D eigenvalue weighted by atomic mass is 16.5. The van der Waals surface area contributed by atoms with Crippen molar-refractivity contribution in [1.82, 2.24) is 10.2 Å². The minimum Gasteiger partial charge on any atom is -0.494 e. The normalized spacial score (nSPS) is 17.0. The van der Waals surface area contributed by atoms with Crippen LogP contribution >= 0.6 is 0 Å². The average molecular weight is 306 g/mol. The van der Waals surface area contributed by atoms with E-state index in [1.165, 1.54) is 0 Å². The highest BCUT2D eigenvalue weighted by molar-refractivity contribution is 6.02. The predicted octanol–water partition coefficient (Wildman–Crippen LogP) is 1.96. The fraction of sp³-hybridized carbons (Fsp3) is 0.588. The molecule has 1 aliphatic heterocycles. The molecule has 5 heteroatoms. The van der Waals surface area contributed by atoms with Gasteiger partial charge in [0.15, 0.2) is 5.78 Å². The molecule has 0 aromatic heterocycles. The Bertz CT molecular complexity index is 499. The van der Waals surface area contributed by atoms with Gasteiger partial charge in [-0.1, -0.05) is 0 Å². The van der Waals surface area contributed by atoms with Crippen molar-refractivity contribution in [1.29, 1.82) is 0 Å². The summed E-state index contributed by atoms with van der Waals surface area (Å²) in [5.74, 6) is 1.44.